The highest BCUT2D eigenvalue weighted by molar-refractivity contribution is 6.17. The average molecular weight is 174 g/mol. The molecule has 0 N–H and O–H groups in total. The van der Waals surface area contributed by atoms with Crippen molar-refractivity contribution < 1.29 is 4.39 Å². The highest BCUT2D eigenvalue weighted by Gasteiger charge is 1.99. The van der Waals surface area contributed by atoms with Gasteiger partial charge in [-0.2, -0.15) is 4.39 Å². The van der Waals surface area contributed by atoms with Gasteiger partial charge < -0.3 is 0 Å². The quantitative estimate of drug-likeness (QED) is 0.505. The van der Waals surface area contributed by atoms with Crippen LogP contribution in [0.4, 0.5) is 4.39 Å². The molecule has 0 saturated carbocycles. The Morgan fingerprint density at radius 2 is 2.36 bits per heavy atom. The van der Waals surface area contributed by atoms with E-state index < -0.39 is 0 Å². The summed E-state index contributed by atoms with van der Waals surface area (Å²) < 4.78 is 12.8. The van der Waals surface area contributed by atoms with E-state index in [1.165, 1.54) is 6.20 Å². The van der Waals surface area contributed by atoms with Gasteiger partial charge >= 0.3 is 0 Å². The van der Waals surface area contributed by atoms with Crippen LogP contribution in [0.1, 0.15) is 12.0 Å². The molecule has 0 aliphatic carbocycles. The molecule has 0 radical (unpaired) electrons. The zero-order chi connectivity index (χ0) is 8.10. The number of hydrogen-bond acceptors (Lipinski definition) is 1. The predicted molar refractivity (Wildman–Crippen MR) is 43.2 cm³/mol. The van der Waals surface area contributed by atoms with Gasteiger partial charge in [-0.3, -0.25) is 0 Å². The summed E-state index contributed by atoms with van der Waals surface area (Å²) in [5.74, 6) is 0.187. The van der Waals surface area contributed by atoms with Crippen LogP contribution in [-0.4, -0.2) is 10.9 Å². The van der Waals surface area contributed by atoms with Crippen molar-refractivity contribution in [2.75, 3.05) is 5.88 Å². The lowest BCUT2D eigenvalue weighted by Gasteiger charge is -1.98. The van der Waals surface area contributed by atoms with Gasteiger partial charge in [-0.15, -0.1) is 11.6 Å². The summed E-state index contributed by atoms with van der Waals surface area (Å²) in [6, 6.07) is 3.46. The zero-order valence-corrected chi connectivity index (χ0v) is 6.81. The van der Waals surface area contributed by atoms with Crippen LogP contribution in [0.5, 0.6) is 0 Å². The number of alkyl halides is 1. The first kappa shape index (κ1) is 8.47. The zero-order valence-electron chi connectivity index (χ0n) is 6.06. The number of rotatable bonds is 3. The van der Waals surface area contributed by atoms with Gasteiger partial charge in [0, 0.05) is 17.6 Å². The van der Waals surface area contributed by atoms with Crippen molar-refractivity contribution in [2.24, 2.45) is 0 Å². The van der Waals surface area contributed by atoms with Crippen LogP contribution >= 0.6 is 11.6 Å². The molecule has 1 nitrogen and oxygen atoms in total. The molecular formula is C8H9ClFN. The molecule has 0 bridgehead atoms. The molecule has 60 valence electrons. The number of pyridine rings is 1. The predicted octanol–water partition coefficient (Wildman–Crippen LogP) is 2.39. The molecule has 0 amide bonds. The maximum atomic E-state index is 12.8. The van der Waals surface area contributed by atoms with Crippen LogP contribution in [0.15, 0.2) is 18.3 Å². The summed E-state index contributed by atoms with van der Waals surface area (Å²) in [7, 11) is 0. The van der Waals surface area contributed by atoms with E-state index in [1.807, 2.05) is 0 Å². The molecule has 0 aliphatic heterocycles. The van der Waals surface area contributed by atoms with Crippen molar-refractivity contribution in [1.82, 2.24) is 4.98 Å². The first-order valence-electron chi connectivity index (χ1n) is 3.50. The molecule has 3 heteroatoms. The molecule has 0 aromatic carbocycles. The number of halogens is 2. The number of aryl methyl sites for hydroxylation is 1. The van der Waals surface area contributed by atoms with Gasteiger partial charge in [0.15, 0.2) is 0 Å². The van der Waals surface area contributed by atoms with Crippen molar-refractivity contribution in [1.29, 1.82) is 0 Å². The molecule has 0 unspecified atom stereocenters. The summed E-state index contributed by atoms with van der Waals surface area (Å²) in [6.45, 7) is 0. The lowest BCUT2D eigenvalue weighted by atomic mass is 10.2. The van der Waals surface area contributed by atoms with E-state index in [-0.39, 0.29) is 5.95 Å². The maximum absolute atomic E-state index is 12.8. The minimum absolute atomic E-state index is 0.377. The normalized spacial score (nSPS) is 10.0. The summed E-state index contributed by atoms with van der Waals surface area (Å²) in [6.07, 6.45) is 2.91. The second-order valence-electron chi connectivity index (χ2n) is 2.25. The van der Waals surface area contributed by atoms with Crippen LogP contribution in [0.2, 0.25) is 0 Å². The third-order valence-corrected chi connectivity index (χ3v) is 1.68. The van der Waals surface area contributed by atoms with Gasteiger partial charge in [0.2, 0.25) is 5.95 Å². The Bertz CT molecular complexity index is 227. The fourth-order valence-corrected chi connectivity index (χ4v) is 0.997. The average Bonchev–Trinajstić information content (AvgIpc) is 2.03. The van der Waals surface area contributed by atoms with E-state index >= 15 is 0 Å². The molecule has 11 heavy (non-hydrogen) atoms. The maximum Gasteiger partial charge on any atom is 0.216 e. The standard InChI is InChI=1S/C8H9ClFN/c9-5-1-3-7-4-2-6-11-8(7)10/h2,4,6H,1,3,5H2. The number of aromatic nitrogens is 1. The Hall–Kier alpha value is -0.630. The van der Waals surface area contributed by atoms with Crippen molar-refractivity contribution in [3.8, 4) is 0 Å². The molecular weight excluding hydrogens is 165 g/mol. The fourth-order valence-electron chi connectivity index (χ4n) is 0.863. The third kappa shape index (κ3) is 2.46. The summed E-state index contributed by atoms with van der Waals surface area (Å²) in [4.78, 5) is 3.52. The summed E-state index contributed by atoms with van der Waals surface area (Å²) >= 11 is 5.46. The van der Waals surface area contributed by atoms with Gasteiger partial charge in [0.05, 0.1) is 0 Å². The van der Waals surface area contributed by atoms with Crippen LogP contribution in [0, 0.1) is 5.95 Å². The number of nitrogens with zero attached hydrogens (tertiary/aromatic N) is 1. The largest absolute Gasteiger partial charge is 0.228 e. The van der Waals surface area contributed by atoms with Gasteiger partial charge in [0.1, 0.15) is 0 Å². The lowest BCUT2D eigenvalue weighted by Crippen LogP contribution is -1.93. The molecule has 0 atom stereocenters. The molecule has 0 aliphatic rings. The van der Waals surface area contributed by atoms with Crippen molar-refractivity contribution in [3.63, 3.8) is 0 Å². The Morgan fingerprint density at radius 1 is 1.55 bits per heavy atom. The first-order valence-corrected chi connectivity index (χ1v) is 4.03. The van der Waals surface area contributed by atoms with E-state index in [2.05, 4.69) is 4.98 Å². The van der Waals surface area contributed by atoms with Crippen LogP contribution in [0.3, 0.4) is 0 Å². The van der Waals surface area contributed by atoms with Crippen molar-refractivity contribution in [3.05, 3.63) is 29.8 Å². The van der Waals surface area contributed by atoms with E-state index in [9.17, 15) is 4.39 Å². The van der Waals surface area contributed by atoms with E-state index in [1.54, 1.807) is 12.1 Å². The third-order valence-electron chi connectivity index (χ3n) is 1.42. The molecule has 0 spiro atoms. The van der Waals surface area contributed by atoms with Crippen LogP contribution < -0.4 is 0 Å². The molecule has 1 rings (SSSR count). The minimum atomic E-state index is -0.377. The first-order chi connectivity index (χ1) is 5.34. The smallest absolute Gasteiger partial charge is 0.216 e. The SMILES string of the molecule is Fc1ncccc1CCCCl. The highest BCUT2D eigenvalue weighted by atomic mass is 35.5. The van der Waals surface area contributed by atoms with Gasteiger partial charge in [0.25, 0.3) is 0 Å². The second kappa shape index (κ2) is 4.29. The lowest BCUT2D eigenvalue weighted by molar-refractivity contribution is 0.565. The van der Waals surface area contributed by atoms with Crippen molar-refractivity contribution >= 4 is 11.6 Å². The van der Waals surface area contributed by atoms with Gasteiger partial charge in [-0.1, -0.05) is 6.07 Å². The molecule has 1 heterocycles. The Balaban J connectivity index is 2.62. The Kier molecular flexibility index (Phi) is 3.30. The second-order valence-corrected chi connectivity index (χ2v) is 2.62. The number of hydrogen-bond donors (Lipinski definition) is 0. The molecule has 0 fully saturated rings. The highest BCUT2D eigenvalue weighted by Crippen LogP contribution is 2.06. The van der Waals surface area contributed by atoms with Crippen LogP contribution in [0.25, 0.3) is 0 Å². The molecule has 1 aromatic rings. The van der Waals surface area contributed by atoms with E-state index in [0.717, 1.165) is 6.42 Å². The topological polar surface area (TPSA) is 12.9 Å². The summed E-state index contributed by atoms with van der Waals surface area (Å²) in [5.41, 5.74) is 0.646. The monoisotopic (exact) mass is 173 g/mol. The molecule has 1 aromatic heterocycles. The fraction of sp³-hybridized carbons (Fsp3) is 0.375. The van der Waals surface area contributed by atoms with Crippen LogP contribution in [-0.2, 0) is 6.42 Å². The van der Waals surface area contributed by atoms with E-state index in [4.69, 9.17) is 11.6 Å². The minimum Gasteiger partial charge on any atom is -0.228 e. The van der Waals surface area contributed by atoms with E-state index in [0.29, 0.717) is 17.9 Å². The Morgan fingerprint density at radius 3 is 3.00 bits per heavy atom. The van der Waals surface area contributed by atoms with Gasteiger partial charge in [-0.05, 0) is 18.9 Å². The molecule has 0 saturated heterocycles. The summed E-state index contributed by atoms with van der Waals surface area (Å²) in [5, 5.41) is 0. The Labute approximate surface area is 70.2 Å². The van der Waals surface area contributed by atoms with Gasteiger partial charge in [-0.25, -0.2) is 4.98 Å². The van der Waals surface area contributed by atoms with Crippen molar-refractivity contribution in [2.45, 2.75) is 12.8 Å².